The van der Waals surface area contributed by atoms with E-state index in [1.807, 2.05) is 57.7 Å². The Kier molecular flexibility index (Phi) is 25.5. The molecule has 122 heavy (non-hydrogen) atoms. The Morgan fingerprint density at radius 1 is 0.492 bits per heavy atom. The Morgan fingerprint density at radius 3 is 1.47 bits per heavy atom. The number of halogens is 17. The van der Waals surface area contributed by atoms with Crippen molar-refractivity contribution in [2.24, 2.45) is 0 Å². The molecule has 3 fully saturated rings. The van der Waals surface area contributed by atoms with Gasteiger partial charge >= 0.3 is 24.7 Å². The smallest absolute Gasteiger partial charge is 0.360 e. The summed E-state index contributed by atoms with van der Waals surface area (Å²) in [5.41, 5.74) is 5.92. The zero-order chi connectivity index (χ0) is 86.7. The first-order valence-electron chi connectivity index (χ1n) is 36.4. The largest absolute Gasteiger partial charge is 0.405 e. The van der Waals surface area contributed by atoms with Crippen LogP contribution in [-0.4, -0.2) is 203 Å². The summed E-state index contributed by atoms with van der Waals surface area (Å²) in [4.78, 5) is 116. The zero-order valence-electron chi connectivity index (χ0n) is 62.7. The van der Waals surface area contributed by atoms with Gasteiger partial charge in [-0.3, -0.25) is 19.2 Å². The van der Waals surface area contributed by atoms with Crippen molar-refractivity contribution in [3.05, 3.63) is 178 Å². The van der Waals surface area contributed by atoms with E-state index in [4.69, 9.17) is 51.4 Å². The number of rotatable bonds is 17. The minimum atomic E-state index is -4.54. The van der Waals surface area contributed by atoms with Gasteiger partial charge in [0.15, 0.2) is 34.9 Å². The van der Waals surface area contributed by atoms with E-state index < -0.39 is 104 Å². The third-order valence-corrected chi connectivity index (χ3v) is 22.3. The predicted molar refractivity (Wildman–Crippen MR) is 435 cm³/mol. The van der Waals surface area contributed by atoms with Gasteiger partial charge in [-0.2, -0.15) is 52.7 Å². The van der Waals surface area contributed by atoms with Crippen LogP contribution in [-0.2, 0) is 25.6 Å². The number of para-hydroxylation sites is 1. The molecule has 1 aliphatic carbocycles. The van der Waals surface area contributed by atoms with Crippen molar-refractivity contribution in [3.8, 4) is 45.6 Å². The van der Waals surface area contributed by atoms with E-state index in [2.05, 4.69) is 69.8 Å². The Balaban J connectivity index is 0.000000133. The summed E-state index contributed by atoms with van der Waals surface area (Å²) in [7, 11) is 1.64. The number of benzene rings is 2. The second-order valence-electron chi connectivity index (χ2n) is 27.6. The summed E-state index contributed by atoms with van der Waals surface area (Å²) in [6.45, 7) is -5.57. The number of aromatic amines is 4. The van der Waals surface area contributed by atoms with Gasteiger partial charge in [-0.25, -0.2) is 59.2 Å². The van der Waals surface area contributed by atoms with Gasteiger partial charge in [0.2, 0.25) is 23.6 Å². The molecule has 3 aliphatic heterocycles. The Bertz CT molecular complexity index is 5940. The maximum Gasteiger partial charge on any atom is 0.405 e. The molecule has 46 heteroatoms. The monoisotopic (exact) mass is 1810 g/mol. The van der Waals surface area contributed by atoms with Crippen molar-refractivity contribution < 1.29 is 76.3 Å². The lowest BCUT2D eigenvalue weighted by Gasteiger charge is -2.37. The number of hydrogen-bond acceptors (Lipinski definition) is 21. The summed E-state index contributed by atoms with van der Waals surface area (Å²) in [5.74, 6) is -0.00640. The lowest BCUT2D eigenvalue weighted by molar-refractivity contribution is -0.139. The molecule has 2 saturated heterocycles. The number of aromatic nitrogens is 15. The predicted octanol–water partition coefficient (Wildman–Crippen LogP) is 15.3. The van der Waals surface area contributed by atoms with Crippen molar-refractivity contribution in [3.63, 3.8) is 0 Å². The molecule has 0 unspecified atom stereocenters. The normalized spacial score (nSPS) is 16.3. The van der Waals surface area contributed by atoms with Gasteiger partial charge < -0.3 is 60.8 Å². The highest BCUT2D eigenvalue weighted by molar-refractivity contribution is 8.00. The van der Waals surface area contributed by atoms with Gasteiger partial charge in [0.1, 0.15) is 84.2 Å². The molecule has 3 atom stereocenters. The lowest BCUT2D eigenvalue weighted by Crippen LogP contribution is -2.50. The van der Waals surface area contributed by atoms with Gasteiger partial charge in [0, 0.05) is 141 Å². The van der Waals surface area contributed by atoms with E-state index >= 15 is 0 Å². The fourth-order valence-corrected chi connectivity index (χ4v) is 16.5. The SMILES string of the molecule is CN(c1ccnc(-c2c[nH]c3ncc(Cl)cc23)n1)C1(C(=O)NCC(F)(F)F)CC1.O=C(NCC(F)(F)F)[C@@H]1CSCN1c1nc(-c2c[nH]c3ncc(Cl)cc23)ncc1F.O=C(NCC(F)(F)F)[C@H]1CCc2ccccc2N1c1ccnc(-c2c[nH]c3ccc(Cl)cc23)n1.O=C(NCC(F)(F)F)[C@H]1CSCN1c1ccnc(-c2c[nH]c3ncc(Cl)cc23)n1. The maximum absolute atomic E-state index is 14.5. The van der Waals surface area contributed by atoms with Crippen LogP contribution in [0.15, 0.2) is 147 Å². The fraction of sp³-hybridized carbons (Fsp3) is 0.276. The maximum atomic E-state index is 14.5. The van der Waals surface area contributed by atoms with E-state index in [0.29, 0.717) is 131 Å². The summed E-state index contributed by atoms with van der Waals surface area (Å²) in [5, 5.41) is 12.6. The first kappa shape index (κ1) is 86.8. The van der Waals surface area contributed by atoms with E-state index in [1.54, 1.807) is 101 Å². The number of thioether (sulfide) groups is 2. The molecule has 4 amide bonds. The van der Waals surface area contributed by atoms with E-state index in [1.165, 1.54) is 53.2 Å². The van der Waals surface area contributed by atoms with Crippen LogP contribution in [0.5, 0.6) is 0 Å². The number of anilines is 5. The van der Waals surface area contributed by atoms with Crippen LogP contribution in [0.4, 0.5) is 86.0 Å². The molecule has 4 aliphatic rings. The first-order valence-corrected chi connectivity index (χ1v) is 40.2. The molecular weight excluding hydrogens is 1750 g/mol. The van der Waals surface area contributed by atoms with Gasteiger partial charge in [0.25, 0.3) is 0 Å². The van der Waals surface area contributed by atoms with Crippen LogP contribution in [0.25, 0.3) is 89.6 Å². The number of amides is 4. The van der Waals surface area contributed by atoms with Gasteiger partial charge in [-0.15, -0.1) is 23.5 Å². The first-order chi connectivity index (χ1) is 58.0. The molecule has 14 heterocycles. The second-order valence-corrected chi connectivity index (χ2v) is 31.4. The van der Waals surface area contributed by atoms with Crippen molar-refractivity contribution in [2.45, 2.75) is 74.1 Å². The minimum Gasteiger partial charge on any atom is -0.360 e. The number of nitrogens with zero attached hydrogens (tertiary/aromatic N) is 15. The molecule has 1 saturated carbocycles. The highest BCUT2D eigenvalue weighted by atomic mass is 35.5. The van der Waals surface area contributed by atoms with Crippen LogP contribution in [0.1, 0.15) is 24.8 Å². The number of likely N-dealkylation sites (N-methyl/N-ethyl adjacent to an activating group) is 1. The molecule has 0 bridgehead atoms. The number of H-pyrrole nitrogens is 4. The number of alkyl halides is 12. The molecule has 13 aromatic rings. The zero-order valence-corrected chi connectivity index (χ0v) is 67.3. The number of fused-ring (bicyclic) bond motifs is 5. The molecule has 17 rings (SSSR count). The molecule has 2 aromatic carbocycles. The van der Waals surface area contributed by atoms with Crippen LogP contribution < -0.4 is 40.9 Å². The van der Waals surface area contributed by atoms with Crippen molar-refractivity contribution in [2.75, 3.05) is 76.1 Å². The van der Waals surface area contributed by atoms with E-state index in [-0.39, 0.29) is 23.3 Å². The number of aryl methyl sites for hydroxylation is 1. The average Bonchev–Trinajstić information content (AvgIpc) is 1.57. The summed E-state index contributed by atoms with van der Waals surface area (Å²) < 4.78 is 165. The Morgan fingerprint density at radius 2 is 0.934 bits per heavy atom. The Labute approximate surface area is 708 Å². The molecule has 636 valence electrons. The number of carbonyl (C=O) groups is 4. The van der Waals surface area contributed by atoms with Crippen molar-refractivity contribution in [1.29, 1.82) is 0 Å². The summed E-state index contributed by atoms with van der Waals surface area (Å²) in [6, 6.07) is 20.4. The Hall–Kier alpha value is -11.6. The van der Waals surface area contributed by atoms with E-state index in [0.717, 1.165) is 44.7 Å². The van der Waals surface area contributed by atoms with E-state index in [9.17, 15) is 76.3 Å². The average molecular weight is 1810 g/mol. The van der Waals surface area contributed by atoms with Crippen molar-refractivity contribution in [1.82, 2.24) is 96.0 Å². The van der Waals surface area contributed by atoms with Crippen molar-refractivity contribution >= 4 is 167 Å². The van der Waals surface area contributed by atoms with Crippen LogP contribution in [0.3, 0.4) is 0 Å². The highest BCUT2D eigenvalue weighted by Crippen LogP contribution is 2.45. The second kappa shape index (κ2) is 35.8. The topological polar surface area (TPSA) is 334 Å². The van der Waals surface area contributed by atoms with Crippen LogP contribution >= 0.6 is 69.9 Å². The third kappa shape index (κ3) is 20.3. The number of carbonyl (C=O) groups excluding carboxylic acids is 4. The van der Waals surface area contributed by atoms with Gasteiger partial charge in [0.05, 0.1) is 33.0 Å². The van der Waals surface area contributed by atoms with Crippen LogP contribution in [0.2, 0.25) is 20.1 Å². The minimum absolute atomic E-state index is 0.160. The lowest BCUT2D eigenvalue weighted by atomic mass is 9.95. The molecule has 11 aromatic heterocycles. The summed E-state index contributed by atoms with van der Waals surface area (Å²) in [6.07, 6.45) is 0.750. The third-order valence-electron chi connectivity index (χ3n) is 19.5. The number of hydrogen-bond donors (Lipinski definition) is 8. The van der Waals surface area contributed by atoms with Gasteiger partial charge in [-0.05, 0) is 91.9 Å². The molecule has 0 radical (unpaired) electrons. The molecule has 27 nitrogen and oxygen atoms in total. The molecular formula is C76H62Cl4F13N23O4S2. The number of pyridine rings is 3. The van der Waals surface area contributed by atoms with Crippen LogP contribution in [0, 0.1) is 5.82 Å². The highest BCUT2D eigenvalue weighted by Gasteiger charge is 2.55. The molecule has 0 spiro atoms. The van der Waals surface area contributed by atoms with Gasteiger partial charge in [-0.1, -0.05) is 64.6 Å². The quantitative estimate of drug-likeness (QED) is 0.0393. The summed E-state index contributed by atoms with van der Waals surface area (Å²) >= 11 is 27.0. The molecule has 8 N–H and O–H groups in total. The fourth-order valence-electron chi connectivity index (χ4n) is 13.5. The number of nitrogens with one attached hydrogen (secondary N) is 8. The standard InChI is InChI=1S/C24H19ClF3N5O.C18H16ClF3N6O.C17H13ClF4N6OS.C17H14ClF3N6OS/c25-15-6-7-18-16(11-15)17(12-30-18)22-29-10-9-21(32-22)33-19-4-2-1-3-14(19)5-8-20(33)23(34)31-13-24(26,27)28;1-28(17(3-4-17)16(29)26-9-18(20,21)22)13-2-5-23-15(27-13)12-8-25-14-11(12)6-10(19)7-24-14;18-8-1-9-10(3-24-13(9)23-2-8)14-25-4-11(19)15(27-14)28-7-30-5-12(28)16(29)26-6-17(20,21)22;18-9-3-10-11(5-24-14(10)23-4-9)15-22-2-1-13(26-15)27-8-29-6-12(27)16(28)25-7-17(19,20)21/h1-4,6-7,9-12,20,30H,5,8,13H2,(H,31,34);2,5-8H,3-4,9H2,1H3,(H,24,25)(H,26,29);1-4,12H,5-7H2,(H,23,24)(H,26,29);1-5,12H,6-8H2,(H,23,24)(H,25,28)/t20-;;2*12-/m1.01/s1.